The number of rotatable bonds is 3. The van der Waals surface area contributed by atoms with Crippen molar-refractivity contribution in [3.8, 4) is 11.6 Å². The lowest BCUT2D eigenvalue weighted by Crippen LogP contribution is -2.31. The van der Waals surface area contributed by atoms with Gasteiger partial charge in [-0.3, -0.25) is 9.78 Å². The third-order valence-electron chi connectivity index (χ3n) is 4.02. The van der Waals surface area contributed by atoms with Gasteiger partial charge in [0.25, 0.3) is 5.56 Å². The van der Waals surface area contributed by atoms with Crippen LogP contribution in [-0.2, 0) is 0 Å². The maximum Gasteiger partial charge on any atom is 0.345 e. The largest absolute Gasteiger partial charge is 0.493 e. The van der Waals surface area contributed by atoms with Gasteiger partial charge in [0.05, 0.1) is 27.6 Å². The number of halogens is 3. The van der Waals surface area contributed by atoms with Crippen LogP contribution in [0.4, 0.5) is 10.5 Å². The molecule has 0 unspecified atom stereocenters. The Kier molecular flexibility index (Phi) is 6.45. The van der Waals surface area contributed by atoms with Crippen LogP contribution >= 0.6 is 39.1 Å². The quantitative estimate of drug-likeness (QED) is 0.455. The normalized spacial score (nSPS) is 11.1. The predicted molar refractivity (Wildman–Crippen MR) is 120 cm³/mol. The molecule has 11 heteroatoms. The lowest BCUT2D eigenvalue weighted by molar-refractivity contribution is 0.259. The fraction of sp³-hybridized carbons (Fsp3) is 0.0526. The number of hydrogen-bond donors (Lipinski definition) is 3. The van der Waals surface area contributed by atoms with E-state index in [0.717, 1.165) is 20.8 Å². The molecule has 2 aromatic carbocycles. The van der Waals surface area contributed by atoms with Crippen molar-refractivity contribution >= 4 is 57.1 Å². The lowest BCUT2D eigenvalue weighted by atomic mass is 10.2. The van der Waals surface area contributed by atoms with Crippen molar-refractivity contribution in [2.45, 2.75) is 6.92 Å². The molecule has 0 atom stereocenters. The molecular weight excluding hydrogens is 499 g/mol. The highest BCUT2D eigenvalue weighted by Gasteiger charge is 2.15. The SMILES string of the molecule is Cc1cc(-n2c(O)c(C=NC(=O)Nc3cccc(Cl)c3Cl)c(=O)[nH]c2=O)ccc1Br. The molecule has 0 aliphatic carbocycles. The molecule has 8 nitrogen and oxygen atoms in total. The van der Waals surface area contributed by atoms with Gasteiger partial charge in [0, 0.05) is 4.47 Å². The van der Waals surface area contributed by atoms with E-state index in [1.165, 1.54) is 6.07 Å². The van der Waals surface area contributed by atoms with Gasteiger partial charge in [-0.2, -0.15) is 0 Å². The molecule has 1 aromatic heterocycles. The number of benzene rings is 2. The first-order valence-electron chi connectivity index (χ1n) is 8.33. The van der Waals surface area contributed by atoms with Gasteiger partial charge in [-0.25, -0.2) is 19.1 Å². The van der Waals surface area contributed by atoms with Crippen LogP contribution in [0, 0.1) is 6.92 Å². The number of aryl methyl sites for hydroxylation is 1. The average molecular weight is 512 g/mol. The molecule has 0 saturated heterocycles. The number of aromatic amines is 1. The number of nitrogens with one attached hydrogen (secondary N) is 2. The Labute approximate surface area is 187 Å². The molecule has 3 rings (SSSR count). The van der Waals surface area contributed by atoms with E-state index < -0.39 is 23.2 Å². The number of nitrogens with zero attached hydrogens (tertiary/aromatic N) is 2. The lowest BCUT2D eigenvalue weighted by Gasteiger charge is -2.11. The molecule has 0 spiro atoms. The van der Waals surface area contributed by atoms with Gasteiger partial charge in [-0.1, -0.05) is 45.2 Å². The minimum absolute atomic E-state index is 0.127. The van der Waals surface area contributed by atoms with Crippen LogP contribution in [0.15, 0.2) is 55.5 Å². The van der Waals surface area contributed by atoms with E-state index in [-0.39, 0.29) is 21.3 Å². The van der Waals surface area contributed by atoms with Gasteiger partial charge >= 0.3 is 11.7 Å². The fourth-order valence-electron chi connectivity index (χ4n) is 2.53. The highest BCUT2D eigenvalue weighted by molar-refractivity contribution is 9.10. The molecule has 0 radical (unpaired) electrons. The number of aliphatic imine (C=N–C) groups is 1. The third-order valence-corrected chi connectivity index (χ3v) is 5.73. The Morgan fingerprint density at radius 3 is 2.70 bits per heavy atom. The molecule has 3 N–H and O–H groups in total. The number of hydrogen-bond acceptors (Lipinski definition) is 4. The molecule has 0 aliphatic heterocycles. The highest BCUT2D eigenvalue weighted by Crippen LogP contribution is 2.29. The second-order valence-electron chi connectivity index (χ2n) is 6.06. The molecule has 0 bridgehead atoms. The zero-order chi connectivity index (χ0) is 22.0. The van der Waals surface area contributed by atoms with Crippen LogP contribution < -0.4 is 16.6 Å². The monoisotopic (exact) mass is 510 g/mol. The van der Waals surface area contributed by atoms with E-state index in [4.69, 9.17) is 23.2 Å². The maximum atomic E-state index is 12.2. The summed E-state index contributed by atoms with van der Waals surface area (Å²) in [6.07, 6.45) is 0.851. The first-order valence-corrected chi connectivity index (χ1v) is 9.88. The first kappa shape index (κ1) is 21.8. The number of urea groups is 1. The minimum atomic E-state index is -0.903. The molecule has 0 aliphatic rings. The standard InChI is InChI=1S/C19H13BrCl2N4O4/c1-9-7-10(5-6-12(9)20)26-17(28)11(16(27)25-19(26)30)8-23-18(29)24-14-4-2-3-13(21)15(14)22/h2-8,28H,1H3,(H,24,29)(H,25,27,30). The summed E-state index contributed by atoms with van der Waals surface area (Å²) >= 11 is 15.2. The van der Waals surface area contributed by atoms with E-state index >= 15 is 0 Å². The zero-order valence-corrected chi connectivity index (χ0v) is 18.3. The Morgan fingerprint density at radius 2 is 2.00 bits per heavy atom. The summed E-state index contributed by atoms with van der Waals surface area (Å²) in [5.74, 6) is -0.664. The second-order valence-corrected chi connectivity index (χ2v) is 7.69. The number of anilines is 1. The van der Waals surface area contributed by atoms with Crippen molar-refractivity contribution in [3.05, 3.63) is 82.9 Å². The number of H-pyrrole nitrogens is 1. The summed E-state index contributed by atoms with van der Waals surface area (Å²) in [5.41, 5.74) is -0.772. The summed E-state index contributed by atoms with van der Waals surface area (Å²) in [7, 11) is 0. The van der Waals surface area contributed by atoms with E-state index in [2.05, 4.69) is 31.2 Å². The average Bonchev–Trinajstić information content (AvgIpc) is 2.67. The van der Waals surface area contributed by atoms with Crippen molar-refractivity contribution in [1.29, 1.82) is 0 Å². The van der Waals surface area contributed by atoms with Crippen LogP contribution in [0.2, 0.25) is 10.0 Å². The second kappa shape index (κ2) is 8.86. The minimum Gasteiger partial charge on any atom is -0.493 e. The number of carbonyl (C=O) groups excluding carboxylic acids is 1. The Bertz CT molecular complexity index is 1300. The van der Waals surface area contributed by atoms with E-state index in [1.54, 1.807) is 37.3 Å². The number of amides is 2. The van der Waals surface area contributed by atoms with Crippen molar-refractivity contribution in [2.24, 2.45) is 4.99 Å². The summed E-state index contributed by atoms with van der Waals surface area (Å²) in [5, 5.41) is 13.3. The van der Waals surface area contributed by atoms with Crippen molar-refractivity contribution in [1.82, 2.24) is 9.55 Å². The molecule has 1 heterocycles. The van der Waals surface area contributed by atoms with E-state index in [1.807, 2.05) is 0 Å². The van der Waals surface area contributed by atoms with Crippen LogP contribution in [-0.4, -0.2) is 26.9 Å². The third kappa shape index (κ3) is 4.48. The number of carbonyl (C=O) groups is 1. The van der Waals surface area contributed by atoms with Crippen molar-refractivity contribution in [2.75, 3.05) is 5.32 Å². The topological polar surface area (TPSA) is 117 Å². The maximum absolute atomic E-state index is 12.2. The van der Waals surface area contributed by atoms with Crippen molar-refractivity contribution in [3.63, 3.8) is 0 Å². The molecule has 30 heavy (non-hydrogen) atoms. The number of aromatic nitrogens is 2. The predicted octanol–water partition coefficient (Wildman–Crippen LogP) is 4.26. The highest BCUT2D eigenvalue weighted by atomic mass is 79.9. The molecule has 0 fully saturated rings. The van der Waals surface area contributed by atoms with Crippen LogP contribution in [0.5, 0.6) is 5.88 Å². The summed E-state index contributed by atoms with van der Waals surface area (Å²) in [6.45, 7) is 1.80. The van der Waals surface area contributed by atoms with Crippen LogP contribution in [0.1, 0.15) is 11.1 Å². The summed E-state index contributed by atoms with van der Waals surface area (Å²) in [4.78, 5) is 42.2. The Hall–Kier alpha value is -2.88. The van der Waals surface area contributed by atoms with Crippen LogP contribution in [0.3, 0.4) is 0 Å². The zero-order valence-electron chi connectivity index (χ0n) is 15.2. The van der Waals surface area contributed by atoms with E-state index in [0.29, 0.717) is 5.69 Å². The molecular formula is C19H13BrCl2N4O4. The van der Waals surface area contributed by atoms with Crippen molar-refractivity contribution < 1.29 is 9.90 Å². The van der Waals surface area contributed by atoms with Gasteiger partial charge < -0.3 is 10.4 Å². The Morgan fingerprint density at radius 1 is 1.27 bits per heavy atom. The fourth-order valence-corrected chi connectivity index (χ4v) is 3.13. The smallest absolute Gasteiger partial charge is 0.345 e. The van der Waals surface area contributed by atoms with Crippen LogP contribution in [0.25, 0.3) is 5.69 Å². The molecule has 2 amide bonds. The number of aromatic hydroxyl groups is 1. The molecule has 154 valence electrons. The van der Waals surface area contributed by atoms with Gasteiger partial charge in [-0.15, -0.1) is 0 Å². The van der Waals surface area contributed by atoms with Gasteiger partial charge in [0.1, 0.15) is 5.56 Å². The Balaban J connectivity index is 1.97. The first-order chi connectivity index (χ1) is 14.2. The molecule has 0 saturated carbocycles. The van der Waals surface area contributed by atoms with Gasteiger partial charge in [0.2, 0.25) is 5.88 Å². The summed E-state index contributed by atoms with van der Waals surface area (Å²) < 4.78 is 1.70. The van der Waals surface area contributed by atoms with Gasteiger partial charge in [0.15, 0.2) is 0 Å². The van der Waals surface area contributed by atoms with E-state index in [9.17, 15) is 19.5 Å². The summed E-state index contributed by atoms with van der Waals surface area (Å²) in [6, 6.07) is 8.69. The van der Waals surface area contributed by atoms with Gasteiger partial charge in [-0.05, 0) is 42.8 Å². The molecule has 3 aromatic rings.